The van der Waals surface area contributed by atoms with E-state index in [1.165, 1.54) is 0 Å². The molecule has 0 spiro atoms. The van der Waals surface area contributed by atoms with Gasteiger partial charge in [-0.2, -0.15) is 4.98 Å². The summed E-state index contributed by atoms with van der Waals surface area (Å²) < 4.78 is 26.3. The molecule has 0 saturated heterocycles. The van der Waals surface area contributed by atoms with Gasteiger partial charge in [0.25, 0.3) is 0 Å². The molecule has 26 heavy (non-hydrogen) atoms. The highest BCUT2D eigenvalue weighted by atomic mass is 16.5. The summed E-state index contributed by atoms with van der Waals surface area (Å²) in [6.45, 7) is 0. The number of benzene rings is 2. The van der Waals surface area contributed by atoms with Crippen molar-refractivity contribution >= 4 is 11.7 Å². The summed E-state index contributed by atoms with van der Waals surface area (Å²) in [4.78, 5) is 4.35. The van der Waals surface area contributed by atoms with Gasteiger partial charge in [0.05, 0.1) is 28.4 Å². The molecule has 0 bridgehead atoms. The minimum Gasteiger partial charge on any atom is -0.493 e. The normalized spacial score (nSPS) is 10.3. The Hall–Kier alpha value is -3.42. The number of nitrogens with zero attached hydrogens (tertiary/aromatic N) is 2. The van der Waals surface area contributed by atoms with Gasteiger partial charge < -0.3 is 28.8 Å². The van der Waals surface area contributed by atoms with Crippen molar-refractivity contribution < 1.29 is 23.5 Å². The van der Waals surface area contributed by atoms with Crippen LogP contribution in [0.15, 0.2) is 40.9 Å². The first kappa shape index (κ1) is 17.4. The smallest absolute Gasteiger partial charge is 0.326 e. The first-order valence-electron chi connectivity index (χ1n) is 7.73. The summed E-state index contributed by atoms with van der Waals surface area (Å²) >= 11 is 0. The van der Waals surface area contributed by atoms with Crippen molar-refractivity contribution in [1.82, 2.24) is 10.1 Å². The van der Waals surface area contributed by atoms with Gasteiger partial charge >= 0.3 is 6.01 Å². The van der Waals surface area contributed by atoms with Crippen LogP contribution < -0.4 is 24.3 Å². The third-order valence-corrected chi connectivity index (χ3v) is 3.70. The highest BCUT2D eigenvalue weighted by molar-refractivity contribution is 5.63. The van der Waals surface area contributed by atoms with Crippen LogP contribution in [0.1, 0.15) is 0 Å². The molecule has 136 valence electrons. The molecule has 0 unspecified atom stereocenters. The minimum absolute atomic E-state index is 0.252. The Labute approximate surface area is 150 Å². The first-order chi connectivity index (χ1) is 12.7. The zero-order chi connectivity index (χ0) is 18.5. The summed E-state index contributed by atoms with van der Waals surface area (Å²) in [7, 11) is 6.31. The van der Waals surface area contributed by atoms with E-state index in [0.717, 1.165) is 11.3 Å². The average molecular weight is 357 g/mol. The molecular weight excluding hydrogens is 338 g/mol. The van der Waals surface area contributed by atoms with Crippen LogP contribution in [0.5, 0.6) is 23.0 Å². The fraction of sp³-hybridized carbons (Fsp3) is 0.222. The maximum absolute atomic E-state index is 5.30. The lowest BCUT2D eigenvalue weighted by Gasteiger charge is -2.09. The van der Waals surface area contributed by atoms with Crippen molar-refractivity contribution in [3.8, 4) is 34.4 Å². The van der Waals surface area contributed by atoms with Crippen LogP contribution in [0.2, 0.25) is 0 Å². The van der Waals surface area contributed by atoms with E-state index >= 15 is 0 Å². The van der Waals surface area contributed by atoms with Crippen LogP contribution in [0, 0.1) is 0 Å². The number of hydrogen-bond acceptors (Lipinski definition) is 8. The van der Waals surface area contributed by atoms with Crippen LogP contribution in [0.4, 0.5) is 11.7 Å². The monoisotopic (exact) mass is 357 g/mol. The predicted molar refractivity (Wildman–Crippen MR) is 95.7 cm³/mol. The third kappa shape index (κ3) is 3.49. The fourth-order valence-corrected chi connectivity index (χ4v) is 2.40. The first-order valence-corrected chi connectivity index (χ1v) is 7.73. The van der Waals surface area contributed by atoms with Crippen LogP contribution >= 0.6 is 0 Å². The van der Waals surface area contributed by atoms with E-state index < -0.39 is 0 Å². The van der Waals surface area contributed by atoms with Crippen LogP contribution in [-0.2, 0) is 0 Å². The van der Waals surface area contributed by atoms with Gasteiger partial charge in [0.2, 0.25) is 5.82 Å². The fourth-order valence-electron chi connectivity index (χ4n) is 2.40. The molecule has 0 atom stereocenters. The minimum atomic E-state index is 0.252. The SMILES string of the molecule is COc1ccc(Nc2nc(-c3ccc(OC)c(OC)c3)no2)cc1OC. The van der Waals surface area contributed by atoms with Gasteiger partial charge in [0.15, 0.2) is 23.0 Å². The molecule has 2 aromatic carbocycles. The van der Waals surface area contributed by atoms with Crippen LogP contribution in [0.25, 0.3) is 11.4 Å². The van der Waals surface area contributed by atoms with Gasteiger partial charge in [-0.05, 0) is 30.3 Å². The molecule has 0 radical (unpaired) electrons. The van der Waals surface area contributed by atoms with Gasteiger partial charge in [0.1, 0.15) is 0 Å². The highest BCUT2D eigenvalue weighted by Gasteiger charge is 2.13. The lowest BCUT2D eigenvalue weighted by atomic mass is 10.2. The Kier molecular flexibility index (Phi) is 5.12. The largest absolute Gasteiger partial charge is 0.493 e. The molecule has 0 amide bonds. The van der Waals surface area contributed by atoms with E-state index in [9.17, 15) is 0 Å². The number of ether oxygens (including phenoxy) is 4. The number of rotatable bonds is 7. The van der Waals surface area contributed by atoms with Gasteiger partial charge in [-0.1, -0.05) is 5.16 Å². The van der Waals surface area contributed by atoms with Gasteiger partial charge in [-0.25, -0.2) is 0 Å². The van der Waals surface area contributed by atoms with Crippen molar-refractivity contribution in [3.05, 3.63) is 36.4 Å². The van der Waals surface area contributed by atoms with E-state index in [4.69, 9.17) is 23.5 Å². The molecule has 1 heterocycles. The second-order valence-electron chi connectivity index (χ2n) is 5.19. The van der Waals surface area contributed by atoms with Crippen molar-refractivity contribution in [2.24, 2.45) is 0 Å². The zero-order valence-electron chi connectivity index (χ0n) is 14.9. The predicted octanol–water partition coefficient (Wildman–Crippen LogP) is 3.51. The molecular formula is C18H19N3O5. The molecule has 0 aliphatic heterocycles. The summed E-state index contributed by atoms with van der Waals surface area (Å²) in [5.74, 6) is 2.87. The molecule has 8 nitrogen and oxygen atoms in total. The van der Waals surface area contributed by atoms with E-state index in [1.54, 1.807) is 52.7 Å². The molecule has 0 aliphatic rings. The number of aromatic nitrogens is 2. The summed E-state index contributed by atoms with van der Waals surface area (Å²) in [6, 6.07) is 11.0. The third-order valence-electron chi connectivity index (χ3n) is 3.70. The molecule has 1 N–H and O–H groups in total. The number of methoxy groups -OCH3 is 4. The summed E-state index contributed by atoms with van der Waals surface area (Å²) in [5, 5.41) is 7.03. The van der Waals surface area contributed by atoms with E-state index in [0.29, 0.717) is 28.8 Å². The van der Waals surface area contributed by atoms with Crippen LogP contribution in [0.3, 0.4) is 0 Å². The Bertz CT molecular complexity index is 894. The Morgan fingerprint density at radius 1 is 0.769 bits per heavy atom. The lowest BCUT2D eigenvalue weighted by Crippen LogP contribution is -1.94. The van der Waals surface area contributed by atoms with E-state index in [1.807, 2.05) is 12.1 Å². The maximum atomic E-state index is 5.30. The van der Waals surface area contributed by atoms with E-state index in [2.05, 4.69) is 15.5 Å². The summed E-state index contributed by atoms with van der Waals surface area (Å²) in [6.07, 6.45) is 0. The van der Waals surface area contributed by atoms with Crippen LogP contribution in [-0.4, -0.2) is 38.6 Å². The van der Waals surface area contributed by atoms with Crippen molar-refractivity contribution in [2.75, 3.05) is 33.8 Å². The van der Waals surface area contributed by atoms with Gasteiger partial charge in [-0.15, -0.1) is 0 Å². The number of nitrogens with one attached hydrogen (secondary N) is 1. The number of hydrogen-bond donors (Lipinski definition) is 1. The molecule has 0 fully saturated rings. The Morgan fingerprint density at radius 3 is 2.04 bits per heavy atom. The number of anilines is 2. The Morgan fingerprint density at radius 2 is 1.38 bits per heavy atom. The molecule has 0 saturated carbocycles. The quantitative estimate of drug-likeness (QED) is 0.687. The molecule has 8 heteroatoms. The lowest BCUT2D eigenvalue weighted by molar-refractivity contribution is 0.355. The molecule has 1 aromatic heterocycles. The maximum Gasteiger partial charge on any atom is 0.326 e. The molecule has 3 aromatic rings. The van der Waals surface area contributed by atoms with Gasteiger partial charge in [0, 0.05) is 17.3 Å². The standard InChI is InChI=1S/C18H19N3O5/c1-22-13-7-5-11(9-15(13)24-3)17-20-18(26-21-17)19-12-6-8-14(23-2)16(10-12)25-4/h5-10H,1-4H3,(H,19,20,21). The second-order valence-corrected chi connectivity index (χ2v) is 5.19. The van der Waals surface area contributed by atoms with Gasteiger partial charge in [-0.3, -0.25) is 0 Å². The summed E-state index contributed by atoms with van der Waals surface area (Å²) in [5.41, 5.74) is 1.47. The van der Waals surface area contributed by atoms with E-state index in [-0.39, 0.29) is 6.01 Å². The van der Waals surface area contributed by atoms with Crippen molar-refractivity contribution in [2.45, 2.75) is 0 Å². The second kappa shape index (κ2) is 7.64. The zero-order valence-corrected chi connectivity index (χ0v) is 14.9. The molecule has 0 aliphatic carbocycles. The topological polar surface area (TPSA) is 87.9 Å². The highest BCUT2D eigenvalue weighted by Crippen LogP contribution is 2.33. The van der Waals surface area contributed by atoms with Crippen molar-refractivity contribution in [3.63, 3.8) is 0 Å². The molecule has 3 rings (SSSR count). The average Bonchev–Trinajstić information content (AvgIpc) is 3.15. The Balaban J connectivity index is 1.82. The van der Waals surface area contributed by atoms with Crippen molar-refractivity contribution in [1.29, 1.82) is 0 Å².